The van der Waals surface area contributed by atoms with Gasteiger partial charge < -0.3 is 9.30 Å². The predicted molar refractivity (Wildman–Crippen MR) is 90.3 cm³/mol. The lowest BCUT2D eigenvalue weighted by Crippen LogP contribution is -2.23. The second-order valence-electron chi connectivity index (χ2n) is 5.04. The summed E-state index contributed by atoms with van der Waals surface area (Å²) in [5.41, 5.74) is 0.0134. The summed E-state index contributed by atoms with van der Waals surface area (Å²) in [4.78, 5) is 28.7. The highest BCUT2D eigenvalue weighted by atomic mass is 32.1. The normalized spacial score (nSPS) is 11.9. The van der Waals surface area contributed by atoms with Gasteiger partial charge in [0.05, 0.1) is 23.7 Å². The van der Waals surface area contributed by atoms with E-state index < -0.39 is 23.5 Å². The zero-order valence-electron chi connectivity index (χ0n) is 13.0. The largest absolute Gasteiger partial charge is 0.468 e. The number of rotatable bonds is 4. The van der Waals surface area contributed by atoms with Crippen LogP contribution in [-0.2, 0) is 27.3 Å². The van der Waals surface area contributed by atoms with Gasteiger partial charge in [-0.2, -0.15) is 4.99 Å². The molecule has 0 saturated heterocycles. The minimum atomic E-state index is -0.831. The summed E-state index contributed by atoms with van der Waals surface area (Å²) in [7, 11) is 1.20. The molecule has 130 valence electrons. The van der Waals surface area contributed by atoms with Gasteiger partial charge in [0.15, 0.2) is 10.6 Å². The number of esters is 1. The van der Waals surface area contributed by atoms with Crippen LogP contribution in [0.4, 0.5) is 8.78 Å². The summed E-state index contributed by atoms with van der Waals surface area (Å²) in [5.74, 6) is -2.64. The first-order valence-electron chi connectivity index (χ1n) is 7.13. The van der Waals surface area contributed by atoms with E-state index in [-0.39, 0.29) is 28.0 Å². The molecule has 0 aliphatic heterocycles. The molecule has 1 amide bonds. The minimum Gasteiger partial charge on any atom is -0.468 e. The van der Waals surface area contributed by atoms with Crippen molar-refractivity contribution in [2.24, 2.45) is 4.99 Å². The molecule has 0 aliphatic rings. The molecule has 25 heavy (non-hydrogen) atoms. The van der Waals surface area contributed by atoms with Crippen LogP contribution in [0.25, 0.3) is 10.2 Å². The molecule has 0 radical (unpaired) electrons. The maximum atomic E-state index is 14.2. The van der Waals surface area contributed by atoms with Crippen molar-refractivity contribution in [3.05, 3.63) is 51.0 Å². The van der Waals surface area contributed by atoms with Gasteiger partial charge in [-0.3, -0.25) is 9.59 Å². The molecule has 1 aromatic carbocycles. The summed E-state index contributed by atoms with van der Waals surface area (Å²) in [6, 6.07) is 5.49. The third-order valence-corrected chi connectivity index (χ3v) is 5.24. The highest BCUT2D eigenvalue weighted by Crippen LogP contribution is 2.22. The molecule has 0 aliphatic carbocycles. The van der Waals surface area contributed by atoms with Gasteiger partial charge in [0.1, 0.15) is 12.4 Å². The van der Waals surface area contributed by atoms with Crippen LogP contribution in [0.1, 0.15) is 4.88 Å². The number of hydrogen-bond acceptors (Lipinski definition) is 5. The first-order valence-corrected chi connectivity index (χ1v) is 8.82. The first-order chi connectivity index (χ1) is 12.0. The Morgan fingerprint density at radius 3 is 2.80 bits per heavy atom. The molecule has 0 bridgehead atoms. The van der Waals surface area contributed by atoms with Crippen LogP contribution in [0.3, 0.4) is 0 Å². The summed E-state index contributed by atoms with van der Waals surface area (Å²) < 4.78 is 33.7. The molecule has 2 heterocycles. The summed E-state index contributed by atoms with van der Waals surface area (Å²) in [5, 5.41) is 1.84. The highest BCUT2D eigenvalue weighted by Gasteiger charge is 2.16. The Morgan fingerprint density at radius 1 is 1.32 bits per heavy atom. The Kier molecular flexibility index (Phi) is 5.05. The third kappa shape index (κ3) is 3.83. The van der Waals surface area contributed by atoms with E-state index in [0.717, 1.165) is 28.3 Å². The zero-order chi connectivity index (χ0) is 18.0. The number of fused-ring (bicyclic) bond motifs is 1. The maximum absolute atomic E-state index is 14.2. The number of nitrogens with zero attached hydrogens (tertiary/aromatic N) is 2. The fraction of sp³-hybridized carbons (Fsp3) is 0.188. The fourth-order valence-corrected chi connectivity index (χ4v) is 4.05. The zero-order valence-corrected chi connectivity index (χ0v) is 14.6. The number of hydrogen-bond donors (Lipinski definition) is 0. The number of methoxy groups -OCH3 is 1. The molecule has 0 N–H and O–H groups in total. The Bertz CT molecular complexity index is 1010. The van der Waals surface area contributed by atoms with Crippen molar-refractivity contribution in [1.82, 2.24) is 4.57 Å². The molecule has 0 atom stereocenters. The monoisotopic (exact) mass is 382 g/mol. The Labute approximate surface area is 148 Å². The lowest BCUT2D eigenvalue weighted by Gasteiger charge is -2.04. The fourth-order valence-electron chi connectivity index (χ4n) is 2.26. The summed E-state index contributed by atoms with van der Waals surface area (Å²) >= 11 is 2.36. The van der Waals surface area contributed by atoms with E-state index in [4.69, 9.17) is 0 Å². The molecule has 0 unspecified atom stereocenters. The minimum absolute atomic E-state index is 0.0134. The quantitative estimate of drug-likeness (QED) is 0.652. The predicted octanol–water partition coefficient (Wildman–Crippen LogP) is 2.89. The van der Waals surface area contributed by atoms with Crippen molar-refractivity contribution < 1.29 is 23.1 Å². The van der Waals surface area contributed by atoms with Crippen LogP contribution in [0.15, 0.2) is 34.6 Å². The van der Waals surface area contributed by atoms with E-state index in [9.17, 15) is 18.4 Å². The molecule has 3 aromatic rings. The molecule has 0 fully saturated rings. The van der Waals surface area contributed by atoms with Gasteiger partial charge in [-0.15, -0.1) is 11.3 Å². The molecule has 0 spiro atoms. The number of amides is 1. The van der Waals surface area contributed by atoms with Crippen molar-refractivity contribution in [2.45, 2.75) is 13.0 Å². The number of thiophene rings is 1. The van der Waals surface area contributed by atoms with E-state index in [1.54, 1.807) is 6.07 Å². The van der Waals surface area contributed by atoms with Gasteiger partial charge in [0, 0.05) is 10.9 Å². The average molecular weight is 382 g/mol. The third-order valence-electron chi connectivity index (χ3n) is 3.34. The first kappa shape index (κ1) is 17.4. The number of thiazole rings is 1. The number of halogens is 2. The van der Waals surface area contributed by atoms with Crippen molar-refractivity contribution in [3.8, 4) is 0 Å². The average Bonchev–Trinajstić information content (AvgIpc) is 3.15. The van der Waals surface area contributed by atoms with Gasteiger partial charge in [0.25, 0.3) is 5.91 Å². The van der Waals surface area contributed by atoms with Gasteiger partial charge in [-0.25, -0.2) is 8.78 Å². The highest BCUT2D eigenvalue weighted by molar-refractivity contribution is 7.16. The second kappa shape index (κ2) is 7.24. The van der Waals surface area contributed by atoms with Gasteiger partial charge >= 0.3 is 5.97 Å². The lowest BCUT2D eigenvalue weighted by atomic mass is 10.3. The van der Waals surface area contributed by atoms with E-state index in [1.807, 2.05) is 11.4 Å². The molecular weight excluding hydrogens is 370 g/mol. The lowest BCUT2D eigenvalue weighted by molar-refractivity contribution is -0.141. The van der Waals surface area contributed by atoms with Crippen molar-refractivity contribution >= 4 is 44.8 Å². The second-order valence-corrected chi connectivity index (χ2v) is 7.08. The molecule has 2 aromatic heterocycles. The Hall–Kier alpha value is -2.39. The number of benzene rings is 1. The SMILES string of the molecule is COC(=O)Cn1c(=NC(=O)Cc2cccs2)sc2cc(F)cc(F)c21. The maximum Gasteiger partial charge on any atom is 0.325 e. The van der Waals surface area contributed by atoms with E-state index in [0.29, 0.717) is 0 Å². The number of ether oxygens (including phenoxy) is 1. The van der Waals surface area contributed by atoms with Crippen LogP contribution >= 0.6 is 22.7 Å². The molecule has 9 heteroatoms. The van der Waals surface area contributed by atoms with Crippen LogP contribution < -0.4 is 4.80 Å². The summed E-state index contributed by atoms with van der Waals surface area (Å²) in [6.07, 6.45) is 0.0982. The number of aromatic nitrogens is 1. The Morgan fingerprint density at radius 2 is 2.12 bits per heavy atom. The van der Waals surface area contributed by atoms with Gasteiger partial charge in [-0.05, 0) is 17.5 Å². The molecule has 5 nitrogen and oxygen atoms in total. The Balaban J connectivity index is 2.10. The van der Waals surface area contributed by atoms with Gasteiger partial charge in [-0.1, -0.05) is 17.4 Å². The smallest absolute Gasteiger partial charge is 0.325 e. The van der Waals surface area contributed by atoms with E-state index >= 15 is 0 Å². The van der Waals surface area contributed by atoms with E-state index in [2.05, 4.69) is 9.73 Å². The van der Waals surface area contributed by atoms with Crippen molar-refractivity contribution in [1.29, 1.82) is 0 Å². The van der Waals surface area contributed by atoms with E-state index in [1.165, 1.54) is 23.0 Å². The standard InChI is InChI=1S/C16H12F2N2O3S2/c1-23-14(22)8-20-15-11(18)5-9(17)6-12(15)25-16(20)19-13(21)7-10-3-2-4-24-10/h2-6H,7-8H2,1H3. The number of carbonyl (C=O) groups excluding carboxylic acids is 2. The van der Waals surface area contributed by atoms with Crippen LogP contribution in [0.2, 0.25) is 0 Å². The summed E-state index contributed by atoms with van der Waals surface area (Å²) in [6.45, 7) is -0.329. The van der Waals surface area contributed by atoms with Crippen molar-refractivity contribution in [3.63, 3.8) is 0 Å². The van der Waals surface area contributed by atoms with Crippen molar-refractivity contribution in [2.75, 3.05) is 7.11 Å². The van der Waals surface area contributed by atoms with Crippen LogP contribution in [-0.4, -0.2) is 23.6 Å². The van der Waals surface area contributed by atoms with Crippen LogP contribution in [0.5, 0.6) is 0 Å². The topological polar surface area (TPSA) is 60.7 Å². The van der Waals surface area contributed by atoms with Crippen LogP contribution in [0, 0.1) is 11.6 Å². The van der Waals surface area contributed by atoms with Gasteiger partial charge in [0.2, 0.25) is 0 Å². The molecule has 3 rings (SSSR count). The number of carbonyl (C=O) groups is 2. The molecule has 0 saturated carbocycles. The molecular formula is C16H12F2N2O3S2.